The average Bonchev–Trinajstić information content (AvgIpc) is 3.86. The Kier molecular flexibility index (Phi) is 16.4. The summed E-state index contributed by atoms with van der Waals surface area (Å²) in [6, 6.07) is 25.2. The van der Waals surface area contributed by atoms with Crippen LogP contribution in [0.3, 0.4) is 0 Å². The first-order valence-electron chi connectivity index (χ1n) is 22.4. The van der Waals surface area contributed by atoms with E-state index in [0.717, 1.165) is 54.9 Å². The van der Waals surface area contributed by atoms with Crippen LogP contribution < -0.4 is 24.8 Å². The van der Waals surface area contributed by atoms with Gasteiger partial charge < -0.3 is 24.8 Å². The van der Waals surface area contributed by atoms with Crippen LogP contribution in [-0.4, -0.2) is 3.21 Å². The normalized spacial score (nSPS) is 21.2. The van der Waals surface area contributed by atoms with Crippen LogP contribution in [0.15, 0.2) is 120 Å². The Hall–Kier alpha value is -2.99. The van der Waals surface area contributed by atoms with E-state index >= 15 is 0 Å². The van der Waals surface area contributed by atoms with Gasteiger partial charge in [0.15, 0.2) is 0 Å². The van der Waals surface area contributed by atoms with Crippen LogP contribution in [0.2, 0.25) is 0 Å². The van der Waals surface area contributed by atoms with Crippen LogP contribution in [-0.2, 0) is 54.8 Å². The van der Waals surface area contributed by atoms with Crippen LogP contribution in [0, 0.1) is 33.5 Å². The number of alkyl halides is 6. The fraction of sp³-hybridized carbons (Fsp3) is 0.446. The van der Waals surface area contributed by atoms with Crippen molar-refractivity contribution in [1.82, 2.24) is 0 Å². The zero-order valence-corrected chi connectivity index (χ0v) is 43.9. The Bertz CT molecular complexity index is 2350. The molecule has 4 aliphatic rings. The molecule has 0 amide bonds. The Labute approximate surface area is 412 Å². The molecular weight excluding hydrogens is 949 g/mol. The van der Waals surface area contributed by atoms with Crippen molar-refractivity contribution >= 4 is 8.78 Å². The molecule has 4 aromatic carbocycles. The minimum atomic E-state index is -4.41. The van der Waals surface area contributed by atoms with Crippen molar-refractivity contribution in [1.29, 1.82) is 0 Å². The topological polar surface area (TPSA) is 0 Å². The molecule has 0 saturated heterocycles. The summed E-state index contributed by atoms with van der Waals surface area (Å²) in [5, 5.41) is 0. The summed E-state index contributed by atoms with van der Waals surface area (Å²) in [7, 11) is 0. The number of rotatable bonds is 4. The van der Waals surface area contributed by atoms with Gasteiger partial charge in [-0.25, -0.2) is 12.0 Å². The van der Waals surface area contributed by atoms with Crippen LogP contribution in [0.4, 0.5) is 26.3 Å². The van der Waals surface area contributed by atoms with E-state index in [2.05, 4.69) is 138 Å². The molecule has 1 fully saturated rings. The summed E-state index contributed by atoms with van der Waals surface area (Å²) in [5.74, 6) is 2.24. The summed E-state index contributed by atoms with van der Waals surface area (Å²) >= 11 is 0.898. The van der Waals surface area contributed by atoms with Gasteiger partial charge in [0.05, 0.1) is 0 Å². The largest absolute Gasteiger partial charge is 1.00 e. The van der Waals surface area contributed by atoms with E-state index in [1.54, 1.807) is 28.2 Å². The third kappa shape index (κ3) is 9.97. The van der Waals surface area contributed by atoms with Crippen LogP contribution in [0.25, 0.3) is 5.57 Å². The molecule has 1 saturated carbocycles. The van der Waals surface area contributed by atoms with Gasteiger partial charge in [-0.1, -0.05) is 159 Å². The number of allylic oxidation sites excluding steroid dienone is 6. The summed E-state index contributed by atoms with van der Waals surface area (Å²) in [6.07, 6.45) is 2.15. The van der Waals surface area contributed by atoms with E-state index < -0.39 is 23.5 Å². The maximum Gasteiger partial charge on any atom is -1.00 e. The van der Waals surface area contributed by atoms with Gasteiger partial charge in [0, 0.05) is 0 Å². The van der Waals surface area contributed by atoms with Crippen molar-refractivity contribution in [2.24, 2.45) is 27.6 Å². The fourth-order valence-corrected chi connectivity index (χ4v) is 11.6. The molecule has 0 spiro atoms. The molecule has 0 aromatic heterocycles. The first kappa shape index (κ1) is 54.6. The van der Waals surface area contributed by atoms with E-state index in [0.29, 0.717) is 25.7 Å². The molecule has 0 N–H and O–H groups in total. The molecule has 0 nitrogen and oxygen atoms in total. The predicted octanol–water partition coefficient (Wildman–Crippen LogP) is 10.5. The molecule has 4 aliphatic carbocycles. The summed E-state index contributed by atoms with van der Waals surface area (Å²) in [5.41, 5.74) is 13.2. The summed E-state index contributed by atoms with van der Waals surface area (Å²) < 4.78 is 75.6. The zero-order valence-electron chi connectivity index (χ0n) is 40.0. The van der Waals surface area contributed by atoms with Crippen LogP contribution in [0.1, 0.15) is 147 Å². The minimum absolute atomic E-state index is 0. The van der Waals surface area contributed by atoms with Gasteiger partial charge in [-0.15, -0.1) is 6.92 Å². The second kappa shape index (κ2) is 19.6. The number of hydrogen-bond acceptors (Lipinski definition) is 0. The molecule has 8 rings (SSSR count). The van der Waals surface area contributed by atoms with Gasteiger partial charge in [0.2, 0.25) is 0 Å². The van der Waals surface area contributed by atoms with Gasteiger partial charge in [-0.3, -0.25) is 0 Å². The van der Waals surface area contributed by atoms with Crippen molar-refractivity contribution in [3.8, 4) is 0 Å². The Morgan fingerprint density at radius 3 is 1.75 bits per heavy atom. The Morgan fingerprint density at radius 2 is 1.28 bits per heavy atom. The molecule has 4 aromatic rings. The Balaban J connectivity index is 0.000000228. The van der Waals surface area contributed by atoms with Gasteiger partial charge in [-0.2, -0.15) is 34.4 Å². The molecule has 0 heterocycles. The predicted molar refractivity (Wildman–Crippen MR) is 245 cm³/mol. The van der Waals surface area contributed by atoms with Gasteiger partial charge in [0.25, 0.3) is 0 Å². The molecular formula is C56H64Cl2F6Zr-2. The Morgan fingerprint density at radius 1 is 0.754 bits per heavy atom. The number of fused-ring (bicyclic) bond motifs is 6. The molecule has 2 atom stereocenters. The third-order valence-electron chi connectivity index (χ3n) is 16.0. The van der Waals surface area contributed by atoms with Crippen molar-refractivity contribution in [2.45, 2.75) is 133 Å². The quantitative estimate of drug-likeness (QED) is 0.141. The molecule has 0 bridgehead atoms. The van der Waals surface area contributed by atoms with Gasteiger partial charge in [-0.05, 0) is 40.6 Å². The first-order chi connectivity index (χ1) is 29.1. The van der Waals surface area contributed by atoms with E-state index in [4.69, 9.17) is 0 Å². The maximum atomic E-state index is 12.5. The second-order valence-electron chi connectivity index (χ2n) is 20.8. The molecule has 0 aliphatic heterocycles. The molecule has 65 heavy (non-hydrogen) atoms. The number of halogens is 8. The summed E-state index contributed by atoms with van der Waals surface area (Å²) in [4.78, 5) is 0. The van der Waals surface area contributed by atoms with Crippen molar-refractivity contribution in [3.63, 3.8) is 0 Å². The van der Waals surface area contributed by atoms with Gasteiger partial charge in [0.1, 0.15) is 0 Å². The standard InChI is InChI=1S/C29H37.C15H8F6.C12H19.2ClH.Zr/c1-18-25-22-17-19-13-9-10-14-20(19)24(22)21-15-11-12-16-23(21)29(25,8)28(6,7)27(4,5)26(18,2)3;16-14(17,18)12-5-1-10(2-6-12)9-11-3-7-13(8-4-11)15(19,20)21;1-5-6-10-7-8-11(9-10)12(2,3)4;;;/h9-11,13-15,23H,12,16-17H2,1-8H3;1-8H;7-9H,5-6H2,1-4H3;2*1H;/q-1;;-1;;;+2/p-2. The molecule has 0 radical (unpaired) electrons. The second-order valence-corrected chi connectivity index (χ2v) is 22.0. The van der Waals surface area contributed by atoms with E-state index in [-0.39, 0.29) is 46.5 Å². The fourth-order valence-electron chi connectivity index (χ4n) is 10.8. The third-order valence-corrected chi connectivity index (χ3v) is 17.4. The number of aryl methyl sites for hydroxylation is 1. The van der Waals surface area contributed by atoms with E-state index in [1.807, 2.05) is 0 Å². The molecule has 350 valence electrons. The minimum Gasteiger partial charge on any atom is -1.00 e. The monoisotopic (exact) mass is 1010 g/mol. The van der Waals surface area contributed by atoms with Crippen molar-refractivity contribution in [3.05, 3.63) is 170 Å². The maximum absolute atomic E-state index is 12.5. The zero-order chi connectivity index (χ0) is 46.7. The van der Waals surface area contributed by atoms with E-state index in [9.17, 15) is 26.3 Å². The van der Waals surface area contributed by atoms with E-state index in [1.165, 1.54) is 72.2 Å². The summed E-state index contributed by atoms with van der Waals surface area (Å²) in [6.45, 7) is 29.3. The van der Waals surface area contributed by atoms with Crippen LogP contribution in [0.5, 0.6) is 0 Å². The van der Waals surface area contributed by atoms with Crippen molar-refractivity contribution in [2.75, 3.05) is 0 Å². The number of hydrogen-bond donors (Lipinski definition) is 0. The number of benzene rings is 3. The van der Waals surface area contributed by atoms with Gasteiger partial charge >= 0.3 is 137 Å². The molecule has 2 unspecified atom stereocenters. The first-order valence-corrected chi connectivity index (χ1v) is 23.6. The SMILES string of the molecule is CCCc1cc(C(C)(C)C)c[cH-]1.C[C-]1C2=C3Cc4ccccc4C3=C3C=CCCC3C2(C)C(C)(C)C(C)(C)C1(C)C.FC(F)(F)c1ccc([C](=[Zr+2])c2ccc(C(F)(F)F)cc2)cc1.[Cl-].[Cl-]. The van der Waals surface area contributed by atoms with Crippen LogP contribution >= 0.6 is 0 Å². The molecule has 9 heteroatoms. The smallest absolute Gasteiger partial charge is 1.00 e. The van der Waals surface area contributed by atoms with Crippen molar-refractivity contribution < 1.29 is 75.4 Å². The average molecular weight is 1010 g/mol.